The number of morpholine rings is 1. The van der Waals surface area contributed by atoms with Crippen LogP contribution in [0.4, 0.5) is 0 Å². The molecule has 0 saturated carbocycles. The number of aryl methyl sites for hydroxylation is 1. The van der Waals surface area contributed by atoms with Gasteiger partial charge in [0.15, 0.2) is 11.5 Å². The number of furan rings is 1. The molecule has 176 valence electrons. The summed E-state index contributed by atoms with van der Waals surface area (Å²) in [5.74, 6) is -0.145. The lowest BCUT2D eigenvalue weighted by Gasteiger charge is -2.30. The van der Waals surface area contributed by atoms with Gasteiger partial charge in [0, 0.05) is 26.2 Å². The van der Waals surface area contributed by atoms with Gasteiger partial charge in [-0.25, -0.2) is 0 Å². The molecule has 1 saturated heterocycles. The number of nitrogens with zero attached hydrogens (tertiary/aromatic N) is 2. The summed E-state index contributed by atoms with van der Waals surface area (Å²) in [7, 11) is 0. The number of rotatable bonds is 9. The number of hydrogen-bond acceptors (Lipinski definition) is 7. The molecule has 8 heteroatoms. The second-order valence-corrected chi connectivity index (χ2v) is 8.21. The number of carbonyl (C=O) groups is 2. The van der Waals surface area contributed by atoms with Gasteiger partial charge in [0.2, 0.25) is 5.78 Å². The molecular formula is C25H30N2O6. The lowest BCUT2D eigenvalue weighted by Crippen LogP contribution is -2.39. The summed E-state index contributed by atoms with van der Waals surface area (Å²) in [6, 6.07) is 9.84. The minimum Gasteiger partial charge on any atom is -0.503 e. The predicted octanol–water partition coefficient (Wildman–Crippen LogP) is 3.29. The average molecular weight is 455 g/mol. The Labute approximate surface area is 193 Å². The molecule has 0 radical (unpaired) electrons. The molecule has 1 aromatic heterocycles. The number of carbonyl (C=O) groups excluding carboxylic acids is 2. The Morgan fingerprint density at radius 3 is 2.48 bits per heavy atom. The van der Waals surface area contributed by atoms with Crippen LogP contribution in [0.5, 0.6) is 5.75 Å². The van der Waals surface area contributed by atoms with Gasteiger partial charge >= 0.3 is 0 Å². The third kappa shape index (κ3) is 4.96. The summed E-state index contributed by atoms with van der Waals surface area (Å²) in [6.07, 6.45) is 0.716. The third-order valence-electron chi connectivity index (χ3n) is 6.00. The monoisotopic (exact) mass is 454 g/mol. The molecule has 2 aliphatic heterocycles. The van der Waals surface area contributed by atoms with Crippen LogP contribution in [0.15, 0.2) is 52.1 Å². The number of ether oxygens (including phenoxy) is 2. The first-order valence-electron chi connectivity index (χ1n) is 11.4. The number of Topliss-reactive ketones (excluding diaryl/α,β-unsaturated/α-hetero) is 1. The van der Waals surface area contributed by atoms with Crippen LogP contribution < -0.4 is 4.74 Å². The van der Waals surface area contributed by atoms with Crippen molar-refractivity contribution in [3.05, 3.63) is 64.8 Å². The minimum atomic E-state index is -0.698. The Bertz CT molecular complexity index is 1020. The molecule has 1 fully saturated rings. The number of benzene rings is 1. The zero-order valence-electron chi connectivity index (χ0n) is 19.1. The van der Waals surface area contributed by atoms with Crippen LogP contribution in [0.2, 0.25) is 0 Å². The van der Waals surface area contributed by atoms with E-state index in [1.165, 1.54) is 0 Å². The van der Waals surface area contributed by atoms with Crippen molar-refractivity contribution in [2.45, 2.75) is 26.3 Å². The van der Waals surface area contributed by atoms with E-state index in [2.05, 4.69) is 4.90 Å². The van der Waals surface area contributed by atoms with Gasteiger partial charge in [-0.1, -0.05) is 12.1 Å². The van der Waals surface area contributed by atoms with Gasteiger partial charge in [-0.2, -0.15) is 0 Å². The van der Waals surface area contributed by atoms with Gasteiger partial charge in [-0.15, -0.1) is 0 Å². The number of aliphatic hydroxyl groups is 1. The highest BCUT2D eigenvalue weighted by Gasteiger charge is 2.44. The number of ketones is 1. The average Bonchev–Trinajstić information content (AvgIpc) is 3.37. The van der Waals surface area contributed by atoms with E-state index < -0.39 is 23.5 Å². The zero-order chi connectivity index (χ0) is 23.4. The molecule has 0 bridgehead atoms. The highest BCUT2D eigenvalue weighted by molar-refractivity contribution is 6.15. The molecule has 3 heterocycles. The largest absolute Gasteiger partial charge is 0.503 e. The Hall–Kier alpha value is -3.10. The first-order valence-corrected chi connectivity index (χ1v) is 11.4. The first kappa shape index (κ1) is 23.1. The Morgan fingerprint density at radius 2 is 1.85 bits per heavy atom. The van der Waals surface area contributed by atoms with Crippen LogP contribution in [0, 0.1) is 6.92 Å². The molecule has 2 aromatic rings. The molecule has 8 nitrogen and oxygen atoms in total. The molecule has 1 aromatic carbocycles. The van der Waals surface area contributed by atoms with Crippen LogP contribution in [-0.2, 0) is 9.53 Å². The van der Waals surface area contributed by atoms with Crippen molar-refractivity contribution in [3.8, 4) is 5.75 Å². The summed E-state index contributed by atoms with van der Waals surface area (Å²) >= 11 is 0. The van der Waals surface area contributed by atoms with E-state index in [0.717, 1.165) is 25.2 Å². The van der Waals surface area contributed by atoms with Crippen LogP contribution in [0.1, 0.15) is 41.3 Å². The van der Waals surface area contributed by atoms with Crippen molar-refractivity contribution in [2.75, 3.05) is 46.0 Å². The van der Waals surface area contributed by atoms with E-state index in [1.54, 1.807) is 24.0 Å². The second kappa shape index (κ2) is 10.2. The van der Waals surface area contributed by atoms with E-state index in [4.69, 9.17) is 13.9 Å². The van der Waals surface area contributed by atoms with Crippen molar-refractivity contribution >= 4 is 11.7 Å². The molecule has 2 aliphatic rings. The van der Waals surface area contributed by atoms with Crippen molar-refractivity contribution in [3.63, 3.8) is 0 Å². The van der Waals surface area contributed by atoms with Gasteiger partial charge in [-0.3, -0.25) is 14.5 Å². The normalized spacial score (nSPS) is 19.4. The molecular weight excluding hydrogens is 424 g/mol. The maximum Gasteiger partial charge on any atom is 0.290 e. The van der Waals surface area contributed by atoms with E-state index in [1.807, 2.05) is 31.2 Å². The molecule has 0 unspecified atom stereocenters. The molecule has 0 aliphatic carbocycles. The van der Waals surface area contributed by atoms with Gasteiger partial charge in [0.1, 0.15) is 11.5 Å². The van der Waals surface area contributed by atoms with Gasteiger partial charge in [-0.05, 0) is 50.1 Å². The molecule has 1 atom stereocenters. The second-order valence-electron chi connectivity index (χ2n) is 8.21. The highest BCUT2D eigenvalue weighted by Crippen LogP contribution is 2.39. The maximum atomic E-state index is 13.3. The molecule has 33 heavy (non-hydrogen) atoms. The first-order chi connectivity index (χ1) is 16.0. The third-order valence-corrected chi connectivity index (χ3v) is 6.00. The van der Waals surface area contributed by atoms with Crippen LogP contribution in [-0.4, -0.2) is 72.6 Å². The summed E-state index contributed by atoms with van der Waals surface area (Å²) in [5, 5.41) is 10.8. The summed E-state index contributed by atoms with van der Waals surface area (Å²) in [6.45, 7) is 8.55. The molecule has 1 N–H and O–H groups in total. The Morgan fingerprint density at radius 1 is 1.12 bits per heavy atom. The van der Waals surface area contributed by atoms with Crippen molar-refractivity contribution in [1.82, 2.24) is 9.80 Å². The lowest BCUT2D eigenvalue weighted by atomic mass is 9.95. The van der Waals surface area contributed by atoms with E-state index in [9.17, 15) is 14.7 Å². The van der Waals surface area contributed by atoms with E-state index in [0.29, 0.717) is 44.3 Å². The summed E-state index contributed by atoms with van der Waals surface area (Å²) in [4.78, 5) is 30.2. The van der Waals surface area contributed by atoms with Gasteiger partial charge in [0.25, 0.3) is 5.91 Å². The van der Waals surface area contributed by atoms with Crippen molar-refractivity contribution < 1.29 is 28.6 Å². The molecule has 4 rings (SSSR count). The minimum absolute atomic E-state index is 0.0462. The fraction of sp³-hybridized carbons (Fsp3) is 0.440. The topological polar surface area (TPSA) is 92.5 Å². The van der Waals surface area contributed by atoms with E-state index >= 15 is 0 Å². The van der Waals surface area contributed by atoms with Gasteiger partial charge < -0.3 is 23.9 Å². The Balaban J connectivity index is 1.60. The van der Waals surface area contributed by atoms with Crippen molar-refractivity contribution in [2.24, 2.45) is 0 Å². The van der Waals surface area contributed by atoms with Crippen molar-refractivity contribution in [1.29, 1.82) is 0 Å². The van der Waals surface area contributed by atoms with Crippen LogP contribution in [0.25, 0.3) is 0 Å². The standard InChI is InChI=1S/C25H30N2O6/c1-3-32-19-8-6-18(7-9-19)22-21(23(28)20-10-5-17(2)33-20)24(29)25(30)27(22)12-4-11-26-13-15-31-16-14-26/h5-10,22,29H,3-4,11-16H2,1-2H3/t22-/m0/s1. The summed E-state index contributed by atoms with van der Waals surface area (Å²) < 4.78 is 16.4. The lowest BCUT2D eigenvalue weighted by molar-refractivity contribution is -0.129. The summed E-state index contributed by atoms with van der Waals surface area (Å²) in [5.41, 5.74) is 0.777. The number of aliphatic hydroxyl groups excluding tert-OH is 1. The fourth-order valence-electron chi connectivity index (χ4n) is 4.35. The van der Waals surface area contributed by atoms with Gasteiger partial charge in [0.05, 0.1) is 31.4 Å². The molecule has 1 amide bonds. The fourth-order valence-corrected chi connectivity index (χ4v) is 4.35. The number of amides is 1. The molecule has 0 spiro atoms. The quantitative estimate of drug-likeness (QED) is 0.581. The zero-order valence-corrected chi connectivity index (χ0v) is 19.1. The van der Waals surface area contributed by atoms with E-state index in [-0.39, 0.29) is 11.3 Å². The SMILES string of the molecule is CCOc1ccc([C@H]2C(C(=O)c3ccc(C)o3)=C(O)C(=O)N2CCCN2CCOCC2)cc1. The maximum absolute atomic E-state index is 13.3. The predicted molar refractivity (Wildman–Crippen MR) is 121 cm³/mol. The Kier molecular flexibility index (Phi) is 7.15. The highest BCUT2D eigenvalue weighted by atomic mass is 16.5. The smallest absolute Gasteiger partial charge is 0.290 e. The number of hydrogen-bond donors (Lipinski definition) is 1. The van der Waals surface area contributed by atoms with Crippen LogP contribution in [0.3, 0.4) is 0 Å². The van der Waals surface area contributed by atoms with Crippen LogP contribution >= 0.6 is 0 Å².